The molecule has 0 heterocycles. The first-order valence-electron chi connectivity index (χ1n) is 9.88. The monoisotopic (exact) mass is 523 g/mol. The maximum Gasteiger partial charge on any atom is 0.308 e. The normalized spacial score (nSPS) is 12.7. The summed E-state index contributed by atoms with van der Waals surface area (Å²) < 4.78 is 33.8. The van der Waals surface area contributed by atoms with Crippen LogP contribution in [0.2, 0.25) is 0 Å². The minimum atomic E-state index is -3.90. The van der Waals surface area contributed by atoms with E-state index in [0.717, 1.165) is 10.0 Å². The number of ether oxygens (including phenoxy) is 1. The standard InChI is InChI=1S/C22H26BrN3O5S/c1-14(2)11-20(26-32(29,30)19-8-5-15(3)6-9-19)22(28)25-24-13-17-12-18(23)7-10-21(17)31-16(4)27/h5-10,12-14,20,26H,11H2,1-4H3,(H,25,28)/b24-13-/t20-/m0/s1. The van der Waals surface area contributed by atoms with Gasteiger partial charge in [0.1, 0.15) is 11.8 Å². The van der Waals surface area contributed by atoms with Crippen molar-refractivity contribution in [1.29, 1.82) is 0 Å². The second-order valence-corrected chi connectivity index (χ2v) is 10.3. The first-order chi connectivity index (χ1) is 15.0. The molecule has 0 saturated heterocycles. The lowest BCUT2D eigenvalue weighted by atomic mass is 10.0. The number of halogens is 1. The summed E-state index contributed by atoms with van der Waals surface area (Å²) in [6.45, 7) is 6.91. The molecule has 32 heavy (non-hydrogen) atoms. The Balaban J connectivity index is 2.17. The molecule has 2 rings (SSSR count). The average molecular weight is 524 g/mol. The van der Waals surface area contributed by atoms with Crippen molar-refractivity contribution in [2.24, 2.45) is 11.0 Å². The Labute approximate surface area is 196 Å². The van der Waals surface area contributed by atoms with E-state index in [0.29, 0.717) is 5.56 Å². The number of carbonyl (C=O) groups is 2. The molecule has 1 amide bonds. The third-order valence-electron chi connectivity index (χ3n) is 4.26. The molecule has 2 aromatic rings. The summed E-state index contributed by atoms with van der Waals surface area (Å²) in [7, 11) is -3.90. The van der Waals surface area contributed by atoms with Crippen molar-refractivity contribution < 1.29 is 22.7 Å². The van der Waals surface area contributed by atoms with Gasteiger partial charge in [-0.15, -0.1) is 0 Å². The molecule has 0 aliphatic heterocycles. The van der Waals surface area contributed by atoms with E-state index in [4.69, 9.17) is 4.74 Å². The van der Waals surface area contributed by atoms with E-state index >= 15 is 0 Å². The largest absolute Gasteiger partial charge is 0.426 e. The van der Waals surface area contributed by atoms with Gasteiger partial charge >= 0.3 is 5.97 Å². The molecule has 0 unspecified atom stereocenters. The van der Waals surface area contributed by atoms with Gasteiger partial charge in [0.2, 0.25) is 10.0 Å². The van der Waals surface area contributed by atoms with E-state index in [1.807, 2.05) is 20.8 Å². The molecule has 0 bridgehead atoms. The zero-order chi connectivity index (χ0) is 23.9. The van der Waals surface area contributed by atoms with Crippen molar-refractivity contribution in [1.82, 2.24) is 10.1 Å². The van der Waals surface area contributed by atoms with E-state index in [9.17, 15) is 18.0 Å². The predicted molar refractivity (Wildman–Crippen MR) is 126 cm³/mol. The number of hydrazone groups is 1. The molecule has 0 saturated carbocycles. The zero-order valence-corrected chi connectivity index (χ0v) is 20.7. The van der Waals surface area contributed by atoms with Crippen LogP contribution in [0.4, 0.5) is 0 Å². The van der Waals surface area contributed by atoms with Crippen LogP contribution < -0.4 is 14.9 Å². The fourth-order valence-electron chi connectivity index (χ4n) is 2.76. The summed E-state index contributed by atoms with van der Waals surface area (Å²) in [5.41, 5.74) is 3.75. The second kappa shape index (κ2) is 11.3. The van der Waals surface area contributed by atoms with Crippen LogP contribution in [0, 0.1) is 12.8 Å². The van der Waals surface area contributed by atoms with Crippen molar-refractivity contribution in [2.75, 3.05) is 0 Å². The highest BCUT2D eigenvalue weighted by Gasteiger charge is 2.26. The van der Waals surface area contributed by atoms with Gasteiger partial charge in [0.25, 0.3) is 5.91 Å². The lowest BCUT2D eigenvalue weighted by Crippen LogP contribution is -2.46. The smallest absolute Gasteiger partial charge is 0.308 e. The van der Waals surface area contributed by atoms with Crippen LogP contribution in [-0.2, 0) is 19.6 Å². The lowest BCUT2D eigenvalue weighted by Gasteiger charge is -2.19. The van der Waals surface area contributed by atoms with Gasteiger partial charge in [0, 0.05) is 17.0 Å². The predicted octanol–water partition coefficient (Wildman–Crippen LogP) is 3.53. The van der Waals surface area contributed by atoms with Gasteiger partial charge in [-0.1, -0.05) is 47.5 Å². The van der Waals surface area contributed by atoms with Crippen molar-refractivity contribution in [3.05, 3.63) is 58.1 Å². The molecule has 172 valence electrons. The molecule has 2 aromatic carbocycles. The summed E-state index contributed by atoms with van der Waals surface area (Å²) in [6.07, 6.45) is 1.60. The number of nitrogens with one attached hydrogen (secondary N) is 2. The zero-order valence-electron chi connectivity index (χ0n) is 18.3. The molecule has 0 aromatic heterocycles. The summed E-state index contributed by atoms with van der Waals surface area (Å²) in [5, 5.41) is 3.92. The molecule has 1 atom stereocenters. The van der Waals surface area contributed by atoms with Crippen LogP contribution in [0.3, 0.4) is 0 Å². The van der Waals surface area contributed by atoms with Crippen LogP contribution in [-0.4, -0.2) is 32.6 Å². The van der Waals surface area contributed by atoms with Gasteiger partial charge in [0.15, 0.2) is 0 Å². The highest BCUT2D eigenvalue weighted by Crippen LogP contribution is 2.22. The Morgan fingerprint density at radius 3 is 2.41 bits per heavy atom. The highest BCUT2D eigenvalue weighted by molar-refractivity contribution is 9.10. The number of rotatable bonds is 9. The number of esters is 1. The van der Waals surface area contributed by atoms with Crippen LogP contribution in [0.15, 0.2) is 56.9 Å². The first-order valence-corrected chi connectivity index (χ1v) is 12.2. The van der Waals surface area contributed by atoms with Gasteiger partial charge in [-0.25, -0.2) is 13.8 Å². The number of aryl methyl sites for hydroxylation is 1. The van der Waals surface area contributed by atoms with Gasteiger partial charge in [0.05, 0.1) is 11.1 Å². The second-order valence-electron chi connectivity index (χ2n) is 7.63. The number of amides is 1. The van der Waals surface area contributed by atoms with Gasteiger partial charge in [-0.2, -0.15) is 9.82 Å². The SMILES string of the molecule is CC(=O)Oc1ccc(Br)cc1/C=N\NC(=O)[C@H](CC(C)C)NS(=O)(=O)c1ccc(C)cc1. The van der Waals surface area contributed by atoms with Crippen LogP contribution in [0.5, 0.6) is 5.75 Å². The summed E-state index contributed by atoms with van der Waals surface area (Å²) in [5.74, 6) is -0.767. The Kier molecular flexibility index (Phi) is 9.11. The molecule has 2 N–H and O–H groups in total. The number of hydrogen-bond donors (Lipinski definition) is 2. The quantitative estimate of drug-likeness (QED) is 0.226. The number of nitrogens with zero attached hydrogens (tertiary/aromatic N) is 1. The molecule has 0 fully saturated rings. The highest BCUT2D eigenvalue weighted by atomic mass is 79.9. The van der Waals surface area contributed by atoms with E-state index in [1.54, 1.807) is 30.3 Å². The first kappa shape index (κ1) is 25.7. The minimum Gasteiger partial charge on any atom is -0.426 e. The molecular formula is C22H26BrN3O5S. The third-order valence-corrected chi connectivity index (χ3v) is 6.24. The number of benzene rings is 2. The third kappa shape index (κ3) is 7.85. The average Bonchev–Trinajstić information content (AvgIpc) is 2.69. The molecule has 10 heteroatoms. The van der Waals surface area contributed by atoms with Gasteiger partial charge < -0.3 is 4.74 Å². The van der Waals surface area contributed by atoms with Crippen LogP contribution >= 0.6 is 15.9 Å². The van der Waals surface area contributed by atoms with Crippen LogP contribution in [0.25, 0.3) is 0 Å². The Morgan fingerprint density at radius 2 is 1.81 bits per heavy atom. The summed E-state index contributed by atoms with van der Waals surface area (Å²) in [6, 6.07) is 10.3. The lowest BCUT2D eigenvalue weighted by molar-refractivity contribution is -0.132. The Hall–Kier alpha value is -2.56. The fourth-order valence-corrected chi connectivity index (χ4v) is 4.35. The Morgan fingerprint density at radius 1 is 1.16 bits per heavy atom. The van der Waals surface area contributed by atoms with Crippen molar-refractivity contribution >= 4 is 44.0 Å². The summed E-state index contributed by atoms with van der Waals surface area (Å²) in [4.78, 5) is 24.1. The maximum atomic E-state index is 12.7. The molecule has 0 aliphatic rings. The van der Waals surface area contributed by atoms with Crippen molar-refractivity contribution in [2.45, 2.75) is 45.1 Å². The molecule has 0 spiro atoms. The number of carbonyl (C=O) groups excluding carboxylic acids is 2. The molecule has 8 nitrogen and oxygen atoms in total. The maximum absolute atomic E-state index is 12.7. The fraction of sp³-hybridized carbons (Fsp3) is 0.318. The van der Waals surface area contributed by atoms with Gasteiger partial charge in [-0.3, -0.25) is 9.59 Å². The molecule has 0 aliphatic carbocycles. The minimum absolute atomic E-state index is 0.0519. The van der Waals surface area contributed by atoms with E-state index < -0.39 is 27.9 Å². The van der Waals surface area contributed by atoms with E-state index in [2.05, 4.69) is 31.2 Å². The summed E-state index contributed by atoms with van der Waals surface area (Å²) >= 11 is 3.33. The number of hydrogen-bond acceptors (Lipinski definition) is 6. The van der Waals surface area contributed by atoms with Crippen LogP contribution in [0.1, 0.15) is 38.3 Å². The van der Waals surface area contributed by atoms with E-state index in [-0.39, 0.29) is 23.0 Å². The van der Waals surface area contributed by atoms with Crippen molar-refractivity contribution in [3.8, 4) is 5.75 Å². The molecular weight excluding hydrogens is 498 g/mol. The number of sulfonamides is 1. The van der Waals surface area contributed by atoms with Gasteiger partial charge in [-0.05, 0) is 49.6 Å². The topological polar surface area (TPSA) is 114 Å². The van der Waals surface area contributed by atoms with E-state index in [1.165, 1.54) is 25.3 Å². The molecule has 0 radical (unpaired) electrons. The Bertz CT molecular complexity index is 1100. The van der Waals surface area contributed by atoms with Crippen molar-refractivity contribution in [3.63, 3.8) is 0 Å².